The Balaban J connectivity index is 0. The van der Waals surface area contributed by atoms with Gasteiger partial charge in [0.05, 0.1) is 0 Å². The first-order valence-electron chi connectivity index (χ1n) is 1.33. The van der Waals surface area contributed by atoms with E-state index < -0.39 is 27.2 Å². The summed E-state index contributed by atoms with van der Waals surface area (Å²) in [4.78, 5) is 0. The van der Waals surface area contributed by atoms with E-state index in [9.17, 15) is 23.5 Å². The van der Waals surface area contributed by atoms with Crippen LogP contribution in [0.3, 0.4) is 0 Å². The number of hydrogen-bond acceptors (Lipinski definition) is 7. The molecule has 0 aliphatic carbocycles. The van der Waals surface area contributed by atoms with Crippen LogP contribution in [0.25, 0.3) is 0 Å². The minimum absolute atomic E-state index is 0. The molecule has 0 aromatic heterocycles. The van der Waals surface area contributed by atoms with Crippen LogP contribution >= 0.6 is 0 Å². The van der Waals surface area contributed by atoms with Gasteiger partial charge in [0.15, 0.2) is 0 Å². The van der Waals surface area contributed by atoms with Crippen LogP contribution < -0.4 is 8.32 Å². The molecule has 0 fully saturated rings. The van der Waals surface area contributed by atoms with Crippen LogP contribution in [-0.4, -0.2) is 17.1 Å². The van der Waals surface area contributed by atoms with Crippen LogP contribution in [0.2, 0.25) is 0 Å². The van der Waals surface area contributed by atoms with E-state index in [4.69, 9.17) is 0 Å². The molecule has 0 atom stereocenters. The summed E-state index contributed by atoms with van der Waals surface area (Å²) >= 11 is -12.1. The molecule has 0 aromatic carbocycles. The summed E-state index contributed by atoms with van der Waals surface area (Å²) in [5.41, 5.74) is 0. The summed E-state index contributed by atoms with van der Waals surface area (Å²) in [5.74, 6) is 0. The first-order valence-corrected chi connectivity index (χ1v) is 5.50. The van der Waals surface area contributed by atoms with Gasteiger partial charge < -0.3 is 0 Å². The monoisotopic (exact) mass is 298 g/mol. The van der Waals surface area contributed by atoms with Crippen LogP contribution in [-0.2, 0) is 45.3 Å². The molecule has 0 rings (SSSR count). The summed E-state index contributed by atoms with van der Waals surface area (Å²) in [7, 11) is 0. The molecule has 0 aliphatic rings. The first kappa shape index (κ1) is 13.3. The third-order valence-electron chi connectivity index (χ3n) is 0.167. The molecule has 0 heterocycles. The van der Waals surface area contributed by atoms with Crippen LogP contribution in [0, 0.1) is 0 Å². The molecule has 0 N–H and O–H groups in total. The van der Waals surface area contributed by atoms with Crippen molar-refractivity contribution in [1.82, 2.24) is 0 Å². The van der Waals surface area contributed by atoms with Crippen molar-refractivity contribution in [1.29, 1.82) is 0 Å². The van der Waals surface area contributed by atoms with Gasteiger partial charge in [-0.1, -0.05) is 0 Å². The SMILES string of the molecule is [O]=[Cr](=[O])([O-])[O][Cr](=[O])(=[O])[O-].[SeH2+2]. The Morgan fingerprint density at radius 3 is 1.10 bits per heavy atom. The Morgan fingerprint density at radius 1 is 0.900 bits per heavy atom. The van der Waals surface area contributed by atoms with E-state index in [2.05, 4.69) is 2.84 Å². The molecule has 0 saturated heterocycles. The summed E-state index contributed by atoms with van der Waals surface area (Å²) in [6, 6.07) is 0. The van der Waals surface area contributed by atoms with Crippen LogP contribution in [0.5, 0.6) is 0 Å². The van der Waals surface area contributed by atoms with Crippen molar-refractivity contribution >= 4 is 17.1 Å². The van der Waals surface area contributed by atoms with Crippen molar-refractivity contribution < 1.29 is 53.6 Å². The van der Waals surface area contributed by atoms with Crippen LogP contribution in [0.15, 0.2) is 0 Å². The van der Waals surface area contributed by atoms with Gasteiger partial charge in [-0.15, -0.1) is 0 Å². The van der Waals surface area contributed by atoms with E-state index in [1.54, 1.807) is 0 Å². The van der Waals surface area contributed by atoms with Gasteiger partial charge in [-0.2, -0.15) is 0 Å². The fraction of sp³-hybridized carbons (Fsp3) is 0. The van der Waals surface area contributed by atoms with Crippen molar-refractivity contribution in [3.05, 3.63) is 0 Å². The zero-order chi connectivity index (χ0) is 7.71. The van der Waals surface area contributed by atoms with Gasteiger partial charge in [0.1, 0.15) is 0 Å². The van der Waals surface area contributed by atoms with Crippen LogP contribution in [0.4, 0.5) is 0 Å². The fourth-order valence-corrected chi connectivity index (χ4v) is 1.74. The molecule has 0 aromatic rings. The molecular weight excluding hydrogens is 295 g/mol. The van der Waals surface area contributed by atoms with Crippen molar-refractivity contribution in [2.45, 2.75) is 0 Å². The Labute approximate surface area is 70.6 Å². The van der Waals surface area contributed by atoms with Gasteiger partial charge in [0, 0.05) is 0 Å². The quantitative estimate of drug-likeness (QED) is 0.478. The second kappa shape index (κ2) is 3.89. The third-order valence-corrected chi connectivity index (χ3v) is 2.83. The van der Waals surface area contributed by atoms with Gasteiger partial charge in [0.2, 0.25) is 0 Å². The minimum atomic E-state index is -6.07. The zero-order valence-electron chi connectivity index (χ0n) is 4.17. The van der Waals surface area contributed by atoms with Gasteiger partial charge in [-0.3, -0.25) is 0 Å². The summed E-state index contributed by atoms with van der Waals surface area (Å²) in [6.45, 7) is 0. The average molecular weight is 297 g/mol. The van der Waals surface area contributed by atoms with Gasteiger partial charge in [-0.25, -0.2) is 0 Å². The van der Waals surface area contributed by atoms with E-state index in [-0.39, 0.29) is 17.1 Å². The van der Waals surface area contributed by atoms with Crippen molar-refractivity contribution in [2.75, 3.05) is 0 Å². The molecule has 7 nitrogen and oxygen atoms in total. The van der Waals surface area contributed by atoms with E-state index in [1.807, 2.05) is 0 Å². The van der Waals surface area contributed by atoms with Gasteiger partial charge in [-0.05, 0) is 0 Å². The topological polar surface area (TPSA) is 124 Å². The zero-order valence-corrected chi connectivity index (χ0v) is 8.82. The predicted molar refractivity (Wildman–Crippen MR) is 12.4 cm³/mol. The molecule has 2 radical (unpaired) electrons. The molecule has 0 unspecified atom stereocenters. The predicted octanol–water partition coefficient (Wildman–Crippen LogP) is -3.84. The Bertz CT molecular complexity index is 237. The second-order valence-corrected chi connectivity index (χ2v) is 4.52. The fourth-order valence-electron chi connectivity index (χ4n) is 0.102. The molecule has 0 spiro atoms. The molecular formula is H2Cr2O7Se. The first-order chi connectivity index (χ1) is 3.71. The average Bonchev–Trinajstić information content (AvgIpc) is 1.14. The second-order valence-electron chi connectivity index (χ2n) is 0.885. The van der Waals surface area contributed by atoms with Crippen molar-refractivity contribution in [3.63, 3.8) is 0 Å². The summed E-state index contributed by atoms with van der Waals surface area (Å²) in [6.07, 6.45) is 0. The Kier molecular flexibility index (Phi) is 5.16. The van der Waals surface area contributed by atoms with Gasteiger partial charge in [0.25, 0.3) is 0 Å². The third kappa shape index (κ3) is 11.5. The molecule has 0 bridgehead atoms. The van der Waals surface area contributed by atoms with E-state index >= 15 is 0 Å². The normalized spacial score (nSPS) is 12.2. The summed E-state index contributed by atoms with van der Waals surface area (Å²) < 4.78 is 58.9. The molecule has 0 aliphatic heterocycles. The molecule has 0 amide bonds. The maximum atomic E-state index is 9.38. The van der Waals surface area contributed by atoms with Crippen molar-refractivity contribution in [2.24, 2.45) is 0 Å². The van der Waals surface area contributed by atoms with E-state index in [0.29, 0.717) is 0 Å². The van der Waals surface area contributed by atoms with Gasteiger partial charge >= 0.3 is 70.7 Å². The Hall–Kier alpha value is 0.664. The van der Waals surface area contributed by atoms with Crippen molar-refractivity contribution in [3.8, 4) is 0 Å². The summed E-state index contributed by atoms with van der Waals surface area (Å²) in [5, 5.41) is 0. The molecule has 0 saturated carbocycles. The standard InChI is InChI=1S/2Cr.7O.H2Se/h;;;;;;;;;1H2/q;;;;;;;2*-1;+2. The maximum absolute atomic E-state index is 9.38. The van der Waals surface area contributed by atoms with Crippen LogP contribution in [0.1, 0.15) is 0 Å². The molecule has 10 heteroatoms. The van der Waals surface area contributed by atoms with E-state index in [0.717, 1.165) is 0 Å². The number of rotatable bonds is 2. The molecule has 62 valence electrons. The number of hydrogen-bond donors (Lipinski definition) is 0. The molecule has 10 heavy (non-hydrogen) atoms. The van der Waals surface area contributed by atoms with E-state index in [1.165, 1.54) is 0 Å². The Morgan fingerprint density at radius 2 is 1.10 bits per heavy atom.